The van der Waals surface area contributed by atoms with E-state index in [0.29, 0.717) is 23.2 Å². The minimum absolute atomic E-state index is 0.166. The summed E-state index contributed by atoms with van der Waals surface area (Å²) in [5.41, 5.74) is 3.71. The van der Waals surface area contributed by atoms with Crippen LogP contribution in [0.1, 0.15) is 19.1 Å². The number of aryl methyl sites for hydroxylation is 1. The molecule has 5 rings (SSSR count). The number of rotatable bonds is 5. The zero-order valence-electron chi connectivity index (χ0n) is 15.8. The first-order valence-electron chi connectivity index (χ1n) is 9.32. The smallest absolute Gasteiger partial charge is 0.239 e. The summed E-state index contributed by atoms with van der Waals surface area (Å²) >= 11 is 1.30. The lowest BCUT2D eigenvalue weighted by Crippen LogP contribution is -2.25. The summed E-state index contributed by atoms with van der Waals surface area (Å²) in [5, 5.41) is 17.7. The molecule has 0 radical (unpaired) electrons. The number of amides is 1. The second kappa shape index (κ2) is 6.97. The van der Waals surface area contributed by atoms with Crippen LogP contribution in [0.3, 0.4) is 0 Å². The molecule has 2 aromatic carbocycles. The third-order valence-electron chi connectivity index (χ3n) is 4.87. The highest BCUT2D eigenvalue weighted by Crippen LogP contribution is 2.45. The van der Waals surface area contributed by atoms with Crippen LogP contribution in [0, 0.1) is 6.92 Å². The van der Waals surface area contributed by atoms with E-state index >= 15 is 0 Å². The first kappa shape index (κ1) is 17.8. The number of benzene rings is 2. The Morgan fingerprint density at radius 2 is 1.90 bits per heavy atom. The van der Waals surface area contributed by atoms with Crippen molar-refractivity contribution in [2.45, 2.75) is 30.7 Å². The summed E-state index contributed by atoms with van der Waals surface area (Å²) in [6.07, 6.45) is 0.615. The average molecular weight is 403 g/mol. The molecule has 144 valence electrons. The highest BCUT2D eigenvalue weighted by molar-refractivity contribution is 8.00. The fourth-order valence-electron chi connectivity index (χ4n) is 3.55. The molecule has 4 aromatic rings. The Morgan fingerprint density at radius 3 is 2.59 bits per heavy atom. The van der Waals surface area contributed by atoms with Crippen LogP contribution in [0.5, 0.6) is 0 Å². The number of aromatic nitrogens is 4. The van der Waals surface area contributed by atoms with E-state index in [1.165, 1.54) is 11.8 Å². The van der Waals surface area contributed by atoms with Gasteiger partial charge in [-0.15, -0.1) is 10.2 Å². The minimum atomic E-state index is -0.369. The van der Waals surface area contributed by atoms with Crippen LogP contribution in [0.2, 0.25) is 0 Å². The molecule has 0 saturated carbocycles. The number of fused-ring (bicyclic) bond motifs is 3. The zero-order valence-corrected chi connectivity index (χ0v) is 16.7. The largest absolute Gasteiger partial charge is 0.360 e. The second-order valence-corrected chi connectivity index (χ2v) is 8.00. The molecule has 29 heavy (non-hydrogen) atoms. The SMILES string of the molecule is CCC(Sc1nnc2c(n1)-c1cccc3cccc-2c13)C(=O)Nc1cc(C)on1. The van der Waals surface area contributed by atoms with Gasteiger partial charge in [-0.1, -0.05) is 60.2 Å². The van der Waals surface area contributed by atoms with Crippen LogP contribution in [-0.4, -0.2) is 31.5 Å². The topological polar surface area (TPSA) is 93.8 Å². The lowest BCUT2D eigenvalue weighted by atomic mass is 10.0. The van der Waals surface area contributed by atoms with Gasteiger partial charge < -0.3 is 9.84 Å². The Balaban J connectivity index is 1.43. The average Bonchev–Trinajstić information content (AvgIpc) is 3.29. The molecule has 0 aliphatic heterocycles. The minimum Gasteiger partial charge on any atom is -0.360 e. The van der Waals surface area contributed by atoms with Crippen LogP contribution in [-0.2, 0) is 4.79 Å². The van der Waals surface area contributed by atoms with E-state index in [0.717, 1.165) is 33.3 Å². The van der Waals surface area contributed by atoms with Crippen molar-refractivity contribution in [3.05, 3.63) is 48.2 Å². The maximum Gasteiger partial charge on any atom is 0.239 e. The molecule has 1 unspecified atom stereocenters. The molecule has 2 aromatic heterocycles. The van der Waals surface area contributed by atoms with E-state index in [4.69, 9.17) is 9.51 Å². The van der Waals surface area contributed by atoms with Crippen molar-refractivity contribution in [3.8, 4) is 22.5 Å². The predicted octanol–water partition coefficient (Wildman–Crippen LogP) is 4.48. The first-order chi connectivity index (χ1) is 14.1. The number of nitrogens with one attached hydrogen (secondary N) is 1. The van der Waals surface area contributed by atoms with Crippen LogP contribution < -0.4 is 5.32 Å². The van der Waals surface area contributed by atoms with Crippen LogP contribution in [0.4, 0.5) is 5.82 Å². The molecule has 1 atom stereocenters. The van der Waals surface area contributed by atoms with Crippen LogP contribution >= 0.6 is 11.8 Å². The number of thioether (sulfide) groups is 1. The van der Waals surface area contributed by atoms with E-state index in [-0.39, 0.29) is 11.2 Å². The van der Waals surface area contributed by atoms with Crippen LogP contribution in [0.15, 0.2) is 52.1 Å². The van der Waals surface area contributed by atoms with E-state index in [1.54, 1.807) is 13.0 Å². The molecule has 1 amide bonds. The van der Waals surface area contributed by atoms with Crippen molar-refractivity contribution in [2.24, 2.45) is 0 Å². The maximum absolute atomic E-state index is 12.6. The van der Waals surface area contributed by atoms with E-state index < -0.39 is 0 Å². The maximum atomic E-state index is 12.6. The molecule has 1 N–H and O–H groups in total. The molecule has 0 spiro atoms. The number of hydrogen-bond acceptors (Lipinski definition) is 7. The molecule has 0 saturated heterocycles. The van der Waals surface area contributed by atoms with E-state index in [2.05, 4.69) is 38.9 Å². The normalized spacial score (nSPS) is 12.8. The van der Waals surface area contributed by atoms with Crippen LogP contribution in [0.25, 0.3) is 33.3 Å². The second-order valence-electron chi connectivity index (χ2n) is 6.83. The Morgan fingerprint density at radius 1 is 1.14 bits per heavy atom. The van der Waals surface area contributed by atoms with Crippen molar-refractivity contribution < 1.29 is 9.32 Å². The summed E-state index contributed by atoms with van der Waals surface area (Å²) < 4.78 is 5.00. The molecular weight excluding hydrogens is 386 g/mol. The molecule has 1 aliphatic rings. The van der Waals surface area contributed by atoms with Gasteiger partial charge in [0.25, 0.3) is 0 Å². The molecule has 1 aliphatic carbocycles. The van der Waals surface area contributed by atoms with E-state index in [1.807, 2.05) is 25.1 Å². The molecule has 0 bridgehead atoms. The van der Waals surface area contributed by atoms with Gasteiger partial charge in [0.05, 0.1) is 5.25 Å². The Kier molecular flexibility index (Phi) is 4.28. The quantitative estimate of drug-likeness (QED) is 0.432. The first-order valence-corrected chi connectivity index (χ1v) is 10.2. The van der Waals surface area contributed by atoms with Gasteiger partial charge >= 0.3 is 0 Å². The molecule has 2 heterocycles. The molecule has 7 nitrogen and oxygen atoms in total. The van der Waals surface area contributed by atoms with Crippen molar-refractivity contribution >= 4 is 34.3 Å². The van der Waals surface area contributed by atoms with Crippen molar-refractivity contribution in [1.82, 2.24) is 20.3 Å². The van der Waals surface area contributed by atoms with Gasteiger partial charge in [0.15, 0.2) is 5.82 Å². The number of hydrogen-bond donors (Lipinski definition) is 1. The Hall–Kier alpha value is -3.26. The summed E-state index contributed by atoms with van der Waals surface area (Å²) in [6, 6.07) is 14.0. The predicted molar refractivity (Wildman–Crippen MR) is 112 cm³/mol. The molecular formula is C21H17N5O2S. The Bertz CT molecular complexity index is 1250. The monoisotopic (exact) mass is 403 g/mol. The molecule has 8 heteroatoms. The number of nitrogens with zero attached hydrogens (tertiary/aromatic N) is 4. The Labute approximate surface area is 170 Å². The highest BCUT2D eigenvalue weighted by Gasteiger charge is 2.27. The third-order valence-corrected chi connectivity index (χ3v) is 6.09. The summed E-state index contributed by atoms with van der Waals surface area (Å²) in [7, 11) is 0. The number of anilines is 1. The lowest BCUT2D eigenvalue weighted by Gasteiger charge is -2.12. The van der Waals surface area contributed by atoms with Crippen molar-refractivity contribution in [3.63, 3.8) is 0 Å². The fourth-order valence-corrected chi connectivity index (χ4v) is 4.37. The van der Waals surface area contributed by atoms with Gasteiger partial charge in [0, 0.05) is 22.6 Å². The summed E-state index contributed by atoms with van der Waals surface area (Å²) in [4.78, 5) is 17.4. The van der Waals surface area contributed by atoms with Crippen molar-refractivity contribution in [1.29, 1.82) is 0 Å². The summed E-state index contributed by atoms with van der Waals surface area (Å²) in [5.74, 6) is 0.878. The fraction of sp³-hybridized carbons (Fsp3) is 0.190. The van der Waals surface area contributed by atoms with Crippen molar-refractivity contribution in [2.75, 3.05) is 5.32 Å². The van der Waals surface area contributed by atoms with E-state index in [9.17, 15) is 4.79 Å². The van der Waals surface area contributed by atoms with Gasteiger partial charge in [-0.25, -0.2) is 4.98 Å². The zero-order chi connectivity index (χ0) is 20.0. The molecule has 0 fully saturated rings. The third kappa shape index (κ3) is 3.05. The van der Waals surface area contributed by atoms with Gasteiger partial charge in [0.1, 0.15) is 17.1 Å². The summed E-state index contributed by atoms with van der Waals surface area (Å²) in [6.45, 7) is 3.72. The standard InChI is InChI=1S/C21H17N5O2S/c1-3-15(20(27)22-16-10-11(2)28-26-16)29-21-23-18-13-8-4-6-12-7-5-9-14(17(12)13)19(18)24-25-21/h4-10,15H,3H2,1-2H3,(H,22,26,27). The number of carbonyl (C=O) groups is 1. The van der Waals surface area contributed by atoms with Gasteiger partial charge in [-0.2, -0.15) is 0 Å². The van der Waals surface area contributed by atoms with Gasteiger partial charge in [-0.05, 0) is 18.7 Å². The number of carbonyl (C=O) groups excluding carboxylic acids is 1. The van der Waals surface area contributed by atoms with Gasteiger partial charge in [-0.3, -0.25) is 4.79 Å². The lowest BCUT2D eigenvalue weighted by molar-refractivity contribution is -0.115. The van der Waals surface area contributed by atoms with Gasteiger partial charge in [0.2, 0.25) is 11.1 Å². The highest BCUT2D eigenvalue weighted by atomic mass is 32.2.